The quantitative estimate of drug-likeness (QED) is 0.659. The summed E-state index contributed by atoms with van der Waals surface area (Å²) >= 11 is 0. The van der Waals surface area contributed by atoms with Gasteiger partial charge < -0.3 is 10.8 Å². The second kappa shape index (κ2) is 6.11. The normalized spacial score (nSPS) is 15.5. The SMILES string of the molecule is CC(O)C(N)CNS(=O)(=O)Cc1ccccc1. The van der Waals surface area contributed by atoms with Crippen molar-refractivity contribution < 1.29 is 13.5 Å². The van der Waals surface area contributed by atoms with E-state index in [-0.39, 0.29) is 12.3 Å². The minimum Gasteiger partial charge on any atom is -0.392 e. The van der Waals surface area contributed by atoms with Crippen molar-refractivity contribution in [2.24, 2.45) is 5.73 Å². The lowest BCUT2D eigenvalue weighted by molar-refractivity contribution is 0.164. The van der Waals surface area contributed by atoms with Crippen molar-refractivity contribution in [1.82, 2.24) is 4.72 Å². The van der Waals surface area contributed by atoms with Crippen molar-refractivity contribution in [3.05, 3.63) is 35.9 Å². The fourth-order valence-electron chi connectivity index (χ4n) is 1.24. The third kappa shape index (κ3) is 5.27. The maximum Gasteiger partial charge on any atom is 0.215 e. The van der Waals surface area contributed by atoms with Gasteiger partial charge in [0, 0.05) is 12.6 Å². The number of benzene rings is 1. The van der Waals surface area contributed by atoms with Crippen LogP contribution in [0.4, 0.5) is 0 Å². The first-order chi connectivity index (χ1) is 7.91. The first kappa shape index (κ1) is 14.1. The van der Waals surface area contributed by atoms with Crippen LogP contribution in [0.3, 0.4) is 0 Å². The molecule has 0 saturated heterocycles. The lowest BCUT2D eigenvalue weighted by atomic mass is 10.2. The second-order valence-corrected chi connectivity index (χ2v) is 5.80. The first-order valence-corrected chi connectivity index (χ1v) is 7.01. The molecule has 0 fully saturated rings. The molecule has 0 aliphatic heterocycles. The molecular weight excluding hydrogens is 240 g/mol. The maximum absolute atomic E-state index is 11.7. The van der Waals surface area contributed by atoms with Crippen LogP contribution in [0.2, 0.25) is 0 Å². The third-order valence-electron chi connectivity index (χ3n) is 2.36. The van der Waals surface area contributed by atoms with Crippen molar-refractivity contribution in [2.45, 2.75) is 24.8 Å². The van der Waals surface area contributed by atoms with E-state index in [2.05, 4.69) is 4.72 Å². The largest absolute Gasteiger partial charge is 0.392 e. The van der Waals surface area contributed by atoms with E-state index in [0.29, 0.717) is 5.56 Å². The highest BCUT2D eigenvalue weighted by Gasteiger charge is 2.15. The zero-order valence-corrected chi connectivity index (χ0v) is 10.5. The summed E-state index contributed by atoms with van der Waals surface area (Å²) in [6, 6.07) is 8.29. The highest BCUT2D eigenvalue weighted by molar-refractivity contribution is 7.88. The molecule has 0 heterocycles. The molecule has 0 amide bonds. The zero-order chi connectivity index (χ0) is 12.9. The Morgan fingerprint density at radius 1 is 1.35 bits per heavy atom. The van der Waals surface area contributed by atoms with E-state index in [9.17, 15) is 8.42 Å². The Balaban J connectivity index is 2.53. The number of aliphatic hydroxyl groups excluding tert-OH is 1. The van der Waals surface area contributed by atoms with Gasteiger partial charge in [0.25, 0.3) is 0 Å². The van der Waals surface area contributed by atoms with Gasteiger partial charge in [0.15, 0.2) is 0 Å². The Bertz CT molecular complexity index is 431. The highest BCUT2D eigenvalue weighted by Crippen LogP contribution is 2.03. The van der Waals surface area contributed by atoms with Crippen molar-refractivity contribution in [3.8, 4) is 0 Å². The molecule has 4 N–H and O–H groups in total. The van der Waals surface area contributed by atoms with Crippen LogP contribution in [0.5, 0.6) is 0 Å². The Morgan fingerprint density at radius 3 is 2.47 bits per heavy atom. The number of sulfonamides is 1. The van der Waals surface area contributed by atoms with Gasteiger partial charge in [0.05, 0.1) is 11.9 Å². The standard InChI is InChI=1S/C11H18N2O3S/c1-9(14)11(12)7-13-17(15,16)8-10-5-3-2-4-6-10/h2-6,9,11,13-14H,7-8,12H2,1H3. The Hall–Kier alpha value is -0.950. The van der Waals surface area contributed by atoms with Crippen LogP contribution in [0, 0.1) is 0 Å². The van der Waals surface area contributed by atoms with E-state index in [1.165, 1.54) is 6.92 Å². The van der Waals surface area contributed by atoms with E-state index in [0.717, 1.165) is 0 Å². The molecule has 0 bridgehead atoms. The minimum absolute atomic E-state index is 0.0346. The second-order valence-electron chi connectivity index (χ2n) is 4.00. The molecule has 5 nitrogen and oxygen atoms in total. The summed E-state index contributed by atoms with van der Waals surface area (Å²) < 4.78 is 25.7. The van der Waals surface area contributed by atoms with Gasteiger partial charge >= 0.3 is 0 Å². The van der Waals surface area contributed by atoms with E-state index >= 15 is 0 Å². The fraction of sp³-hybridized carbons (Fsp3) is 0.455. The molecule has 1 aromatic carbocycles. The summed E-state index contributed by atoms with van der Waals surface area (Å²) in [5.74, 6) is -0.0830. The smallest absolute Gasteiger partial charge is 0.215 e. The first-order valence-electron chi connectivity index (χ1n) is 5.35. The Morgan fingerprint density at radius 2 is 1.94 bits per heavy atom. The zero-order valence-electron chi connectivity index (χ0n) is 9.70. The summed E-state index contributed by atoms with van der Waals surface area (Å²) in [5, 5.41) is 9.15. The maximum atomic E-state index is 11.7. The summed E-state index contributed by atoms with van der Waals surface area (Å²) in [6.45, 7) is 1.56. The Kier molecular flexibility index (Phi) is 5.07. The average molecular weight is 258 g/mol. The van der Waals surface area contributed by atoms with Gasteiger partial charge in [-0.2, -0.15) is 0 Å². The topological polar surface area (TPSA) is 92.4 Å². The molecule has 1 rings (SSSR count). The van der Waals surface area contributed by atoms with E-state index in [1.807, 2.05) is 6.07 Å². The van der Waals surface area contributed by atoms with Gasteiger partial charge in [0.2, 0.25) is 10.0 Å². The molecule has 2 atom stereocenters. The lowest BCUT2D eigenvalue weighted by Crippen LogP contribution is -2.43. The number of nitrogens with two attached hydrogens (primary N) is 1. The average Bonchev–Trinajstić information content (AvgIpc) is 2.26. The lowest BCUT2D eigenvalue weighted by Gasteiger charge is -2.15. The Labute approximate surface area is 102 Å². The number of aliphatic hydroxyl groups is 1. The molecule has 0 radical (unpaired) electrons. The summed E-state index contributed by atoms with van der Waals surface area (Å²) in [6.07, 6.45) is -0.741. The van der Waals surface area contributed by atoms with Crippen LogP contribution in [0.25, 0.3) is 0 Å². The third-order valence-corrected chi connectivity index (χ3v) is 3.68. The van der Waals surface area contributed by atoms with Gasteiger partial charge in [-0.05, 0) is 12.5 Å². The molecule has 0 aliphatic rings. The van der Waals surface area contributed by atoms with E-state index < -0.39 is 22.2 Å². The van der Waals surface area contributed by atoms with Gasteiger partial charge in [-0.25, -0.2) is 13.1 Å². The molecule has 0 saturated carbocycles. The molecule has 6 heteroatoms. The molecule has 96 valence electrons. The monoisotopic (exact) mass is 258 g/mol. The molecular formula is C11H18N2O3S. The highest BCUT2D eigenvalue weighted by atomic mass is 32.2. The van der Waals surface area contributed by atoms with Crippen LogP contribution < -0.4 is 10.5 Å². The van der Waals surface area contributed by atoms with Crippen molar-refractivity contribution in [2.75, 3.05) is 6.54 Å². The molecule has 0 spiro atoms. The van der Waals surface area contributed by atoms with Gasteiger partial charge in [0.1, 0.15) is 0 Å². The molecule has 0 aromatic heterocycles. The number of hydrogen-bond donors (Lipinski definition) is 3. The number of hydrogen-bond acceptors (Lipinski definition) is 4. The summed E-state index contributed by atoms with van der Waals surface area (Å²) in [4.78, 5) is 0. The number of rotatable bonds is 6. The predicted molar refractivity (Wildman–Crippen MR) is 66.7 cm³/mol. The van der Waals surface area contributed by atoms with Crippen LogP contribution in [-0.2, 0) is 15.8 Å². The predicted octanol–water partition coefficient (Wildman–Crippen LogP) is -0.186. The van der Waals surface area contributed by atoms with Gasteiger partial charge in [-0.3, -0.25) is 0 Å². The summed E-state index contributed by atoms with van der Waals surface area (Å²) in [7, 11) is -3.40. The van der Waals surface area contributed by atoms with Crippen LogP contribution >= 0.6 is 0 Å². The molecule has 17 heavy (non-hydrogen) atoms. The van der Waals surface area contributed by atoms with Crippen molar-refractivity contribution in [3.63, 3.8) is 0 Å². The van der Waals surface area contributed by atoms with Crippen molar-refractivity contribution >= 4 is 10.0 Å². The van der Waals surface area contributed by atoms with E-state index in [4.69, 9.17) is 10.8 Å². The van der Waals surface area contributed by atoms with Gasteiger partial charge in [-0.15, -0.1) is 0 Å². The van der Waals surface area contributed by atoms with Crippen LogP contribution in [0.1, 0.15) is 12.5 Å². The number of nitrogens with one attached hydrogen (secondary N) is 1. The molecule has 2 unspecified atom stereocenters. The summed E-state index contributed by atoms with van der Waals surface area (Å²) in [5.41, 5.74) is 6.25. The van der Waals surface area contributed by atoms with Gasteiger partial charge in [-0.1, -0.05) is 30.3 Å². The molecule has 1 aromatic rings. The van der Waals surface area contributed by atoms with Crippen molar-refractivity contribution in [1.29, 1.82) is 0 Å². The van der Waals surface area contributed by atoms with Crippen LogP contribution in [-0.4, -0.2) is 32.2 Å². The van der Waals surface area contributed by atoms with E-state index in [1.54, 1.807) is 24.3 Å². The molecule has 0 aliphatic carbocycles. The minimum atomic E-state index is -3.40. The van der Waals surface area contributed by atoms with Crippen LogP contribution in [0.15, 0.2) is 30.3 Å². The fourth-order valence-corrected chi connectivity index (χ4v) is 2.42.